The van der Waals surface area contributed by atoms with Crippen LogP contribution < -0.4 is 10.1 Å². The normalized spacial score (nSPS) is 10.5. The van der Waals surface area contributed by atoms with Crippen molar-refractivity contribution in [2.45, 2.75) is 6.61 Å². The molecule has 0 saturated heterocycles. The number of anilines is 1. The number of hydrogen-bond donors (Lipinski definition) is 1. The Balaban J connectivity index is 1.62. The number of nitrogens with zero attached hydrogens (tertiary/aromatic N) is 2. The van der Waals surface area contributed by atoms with Gasteiger partial charge in [-0.3, -0.25) is 4.79 Å². The molecule has 128 valence electrons. The van der Waals surface area contributed by atoms with Crippen LogP contribution in [0.3, 0.4) is 0 Å². The van der Waals surface area contributed by atoms with Gasteiger partial charge in [-0.25, -0.2) is 4.98 Å². The van der Waals surface area contributed by atoms with E-state index in [1.165, 1.54) is 0 Å². The Kier molecular flexibility index (Phi) is 5.40. The summed E-state index contributed by atoms with van der Waals surface area (Å²) in [4.78, 5) is 16.5. The van der Waals surface area contributed by atoms with Gasteiger partial charge in [0.15, 0.2) is 0 Å². The van der Waals surface area contributed by atoms with Crippen molar-refractivity contribution in [3.63, 3.8) is 0 Å². The molecule has 1 amide bonds. The van der Waals surface area contributed by atoms with Crippen LogP contribution in [0.25, 0.3) is 0 Å². The molecule has 0 aliphatic heterocycles. The number of benzene rings is 2. The molecule has 0 unspecified atom stereocenters. The maximum absolute atomic E-state index is 12.3. The number of halogens is 2. The van der Waals surface area contributed by atoms with Gasteiger partial charge in [-0.15, -0.1) is 0 Å². The SMILES string of the molecule is Cn1ccnc1COc1ccc(NC(=O)c2ccc(Br)cc2Cl)cc1. The molecule has 3 rings (SSSR count). The van der Waals surface area contributed by atoms with Crippen LogP contribution >= 0.6 is 27.5 Å². The third-order valence-electron chi connectivity index (χ3n) is 3.58. The van der Waals surface area contributed by atoms with E-state index in [0.29, 0.717) is 28.6 Å². The van der Waals surface area contributed by atoms with E-state index in [1.807, 2.05) is 17.8 Å². The number of aromatic nitrogens is 2. The molecule has 1 N–H and O–H groups in total. The maximum Gasteiger partial charge on any atom is 0.257 e. The molecule has 0 fully saturated rings. The van der Waals surface area contributed by atoms with Crippen molar-refractivity contribution in [3.05, 3.63) is 75.7 Å². The lowest BCUT2D eigenvalue weighted by Crippen LogP contribution is -2.12. The highest BCUT2D eigenvalue weighted by atomic mass is 79.9. The van der Waals surface area contributed by atoms with Gasteiger partial charge < -0.3 is 14.6 Å². The molecule has 0 spiro atoms. The number of rotatable bonds is 5. The van der Waals surface area contributed by atoms with E-state index in [9.17, 15) is 4.79 Å². The Morgan fingerprint density at radius 3 is 2.68 bits per heavy atom. The third-order valence-corrected chi connectivity index (χ3v) is 4.38. The molecule has 25 heavy (non-hydrogen) atoms. The minimum atomic E-state index is -0.265. The van der Waals surface area contributed by atoms with E-state index in [4.69, 9.17) is 16.3 Å². The number of nitrogens with one attached hydrogen (secondary N) is 1. The second-order valence-corrected chi connectivity index (χ2v) is 6.67. The predicted molar refractivity (Wildman–Crippen MR) is 101 cm³/mol. The monoisotopic (exact) mass is 419 g/mol. The summed E-state index contributed by atoms with van der Waals surface area (Å²) in [6.45, 7) is 0.379. The maximum atomic E-state index is 12.3. The van der Waals surface area contributed by atoms with Crippen molar-refractivity contribution in [2.75, 3.05) is 5.32 Å². The van der Waals surface area contributed by atoms with Crippen LogP contribution in [-0.4, -0.2) is 15.5 Å². The van der Waals surface area contributed by atoms with Gasteiger partial charge in [0.1, 0.15) is 18.2 Å². The Morgan fingerprint density at radius 2 is 2.04 bits per heavy atom. The molecule has 0 aliphatic carbocycles. The summed E-state index contributed by atoms with van der Waals surface area (Å²) >= 11 is 9.42. The molecular formula is C18H15BrClN3O2. The van der Waals surface area contributed by atoms with Gasteiger partial charge in [0.25, 0.3) is 5.91 Å². The molecule has 3 aromatic rings. The minimum absolute atomic E-state index is 0.265. The van der Waals surface area contributed by atoms with Crippen molar-refractivity contribution in [1.29, 1.82) is 0 Å². The average molecular weight is 421 g/mol. The number of aryl methyl sites for hydroxylation is 1. The number of imidazole rings is 1. The van der Waals surface area contributed by atoms with Gasteiger partial charge in [0.2, 0.25) is 0 Å². The molecule has 1 aromatic heterocycles. The van der Waals surface area contributed by atoms with Crippen LogP contribution in [0.1, 0.15) is 16.2 Å². The van der Waals surface area contributed by atoms with Crippen LogP contribution in [0.5, 0.6) is 5.75 Å². The molecule has 0 radical (unpaired) electrons. The van der Waals surface area contributed by atoms with Gasteiger partial charge in [-0.05, 0) is 42.5 Å². The summed E-state index contributed by atoms with van der Waals surface area (Å²) in [7, 11) is 1.91. The van der Waals surface area contributed by atoms with Crippen molar-refractivity contribution >= 4 is 39.1 Å². The first kappa shape index (κ1) is 17.5. The van der Waals surface area contributed by atoms with E-state index in [2.05, 4.69) is 26.2 Å². The number of carbonyl (C=O) groups is 1. The summed E-state index contributed by atoms with van der Waals surface area (Å²) in [6, 6.07) is 12.3. The second-order valence-electron chi connectivity index (χ2n) is 5.35. The zero-order valence-electron chi connectivity index (χ0n) is 13.4. The van der Waals surface area contributed by atoms with E-state index >= 15 is 0 Å². The molecule has 0 bridgehead atoms. The molecule has 0 atom stereocenters. The lowest BCUT2D eigenvalue weighted by Gasteiger charge is -2.09. The second kappa shape index (κ2) is 7.72. The first-order chi connectivity index (χ1) is 12.0. The predicted octanol–water partition coefficient (Wildman–Crippen LogP) is 4.67. The summed E-state index contributed by atoms with van der Waals surface area (Å²) in [5.74, 6) is 1.27. The fourth-order valence-electron chi connectivity index (χ4n) is 2.19. The van der Waals surface area contributed by atoms with E-state index in [0.717, 1.165) is 10.3 Å². The van der Waals surface area contributed by atoms with Crippen molar-refractivity contribution in [2.24, 2.45) is 7.05 Å². The van der Waals surface area contributed by atoms with Gasteiger partial charge in [0, 0.05) is 29.6 Å². The molecule has 1 heterocycles. The Labute approximate surface area is 158 Å². The number of amides is 1. The van der Waals surface area contributed by atoms with E-state index in [1.54, 1.807) is 48.7 Å². The van der Waals surface area contributed by atoms with Gasteiger partial charge in [-0.2, -0.15) is 0 Å². The lowest BCUT2D eigenvalue weighted by atomic mass is 10.2. The molecular weight excluding hydrogens is 406 g/mol. The van der Waals surface area contributed by atoms with Gasteiger partial charge in [-0.1, -0.05) is 27.5 Å². The van der Waals surface area contributed by atoms with Crippen LogP contribution in [-0.2, 0) is 13.7 Å². The van der Waals surface area contributed by atoms with E-state index < -0.39 is 0 Å². The summed E-state index contributed by atoms with van der Waals surface area (Å²) in [6.07, 6.45) is 3.59. The van der Waals surface area contributed by atoms with Crippen molar-refractivity contribution < 1.29 is 9.53 Å². The van der Waals surface area contributed by atoms with Crippen LogP contribution in [0.15, 0.2) is 59.3 Å². The summed E-state index contributed by atoms with van der Waals surface area (Å²) in [5, 5.41) is 3.20. The smallest absolute Gasteiger partial charge is 0.257 e. The fourth-order valence-corrected chi connectivity index (χ4v) is 2.95. The molecule has 5 nitrogen and oxygen atoms in total. The highest BCUT2D eigenvalue weighted by Crippen LogP contribution is 2.23. The first-order valence-corrected chi connectivity index (χ1v) is 8.65. The lowest BCUT2D eigenvalue weighted by molar-refractivity contribution is 0.102. The molecule has 2 aromatic carbocycles. The standard InChI is InChI=1S/C18H15BrClN3O2/c1-23-9-8-21-17(23)11-25-14-5-3-13(4-6-14)22-18(24)15-7-2-12(19)10-16(15)20/h2-10H,11H2,1H3,(H,22,24). The van der Waals surface area contributed by atoms with Crippen LogP contribution in [0, 0.1) is 0 Å². The Bertz CT molecular complexity index is 894. The number of hydrogen-bond acceptors (Lipinski definition) is 3. The highest BCUT2D eigenvalue weighted by molar-refractivity contribution is 9.10. The van der Waals surface area contributed by atoms with E-state index in [-0.39, 0.29) is 5.91 Å². The molecule has 7 heteroatoms. The quantitative estimate of drug-likeness (QED) is 0.653. The van der Waals surface area contributed by atoms with Crippen molar-refractivity contribution in [3.8, 4) is 5.75 Å². The molecule has 0 aliphatic rings. The first-order valence-electron chi connectivity index (χ1n) is 7.48. The summed E-state index contributed by atoms with van der Waals surface area (Å²) < 4.78 is 8.41. The highest BCUT2D eigenvalue weighted by Gasteiger charge is 2.11. The van der Waals surface area contributed by atoms with Crippen LogP contribution in [0.2, 0.25) is 5.02 Å². The van der Waals surface area contributed by atoms with Gasteiger partial charge in [0.05, 0.1) is 10.6 Å². The van der Waals surface area contributed by atoms with Crippen LogP contribution in [0.4, 0.5) is 5.69 Å². The zero-order chi connectivity index (χ0) is 17.8. The topological polar surface area (TPSA) is 56.1 Å². The number of carbonyl (C=O) groups excluding carboxylic acids is 1. The fraction of sp³-hybridized carbons (Fsp3) is 0.111. The Hall–Kier alpha value is -2.31. The third kappa shape index (κ3) is 4.41. The van der Waals surface area contributed by atoms with Gasteiger partial charge >= 0.3 is 0 Å². The minimum Gasteiger partial charge on any atom is -0.486 e. The largest absolute Gasteiger partial charge is 0.486 e. The molecule has 0 saturated carbocycles. The zero-order valence-corrected chi connectivity index (χ0v) is 15.7. The Morgan fingerprint density at radius 1 is 1.28 bits per heavy atom. The van der Waals surface area contributed by atoms with Crippen molar-refractivity contribution in [1.82, 2.24) is 9.55 Å². The average Bonchev–Trinajstić information content (AvgIpc) is 2.99. The number of ether oxygens (including phenoxy) is 1. The summed E-state index contributed by atoms with van der Waals surface area (Å²) in [5.41, 5.74) is 1.08.